The molecule has 3 heteroatoms. The van der Waals surface area contributed by atoms with Crippen LogP contribution in [-0.4, -0.2) is 32.8 Å². The molecular formula is C27H56OSiSn. The monoisotopic (exact) mass is 544 g/mol. The second kappa shape index (κ2) is 19.0. The summed E-state index contributed by atoms with van der Waals surface area (Å²) in [6.07, 6.45) is 19.6. The molecule has 0 amide bonds. The Bertz CT molecular complexity index is 412. The minimum absolute atomic E-state index is 0.298. The van der Waals surface area contributed by atoms with E-state index >= 15 is 0 Å². The molecule has 0 fully saturated rings. The summed E-state index contributed by atoms with van der Waals surface area (Å²) in [5, 5.41) is 0. The van der Waals surface area contributed by atoms with Gasteiger partial charge < -0.3 is 0 Å². The molecule has 0 aliphatic heterocycles. The summed E-state index contributed by atoms with van der Waals surface area (Å²) in [5.41, 5.74) is 0. The Morgan fingerprint density at radius 2 is 1.20 bits per heavy atom. The molecule has 0 heterocycles. The van der Waals surface area contributed by atoms with Gasteiger partial charge in [0.1, 0.15) is 0 Å². The van der Waals surface area contributed by atoms with Crippen LogP contribution >= 0.6 is 0 Å². The van der Waals surface area contributed by atoms with Crippen molar-refractivity contribution in [3.63, 3.8) is 0 Å². The Balaban J connectivity index is 5.47. The van der Waals surface area contributed by atoms with Crippen LogP contribution in [0.5, 0.6) is 0 Å². The number of allylic oxidation sites excluding steroid dienone is 1. The predicted octanol–water partition coefficient (Wildman–Crippen LogP) is 10.1. The van der Waals surface area contributed by atoms with E-state index in [9.17, 15) is 0 Å². The number of hydrogen-bond acceptors (Lipinski definition) is 1. The summed E-state index contributed by atoms with van der Waals surface area (Å²) in [7, 11) is -1.57. The fourth-order valence-corrected chi connectivity index (χ4v) is 21.8. The summed E-state index contributed by atoms with van der Waals surface area (Å²) in [4.78, 5) is 0. The second-order valence-electron chi connectivity index (χ2n) is 9.43. The van der Waals surface area contributed by atoms with Crippen LogP contribution < -0.4 is 0 Å². The zero-order chi connectivity index (χ0) is 22.7. The third-order valence-electron chi connectivity index (χ3n) is 7.06. The topological polar surface area (TPSA) is 9.23 Å². The molecule has 1 nitrogen and oxygen atoms in total. The van der Waals surface area contributed by atoms with Crippen molar-refractivity contribution in [1.29, 1.82) is 0 Å². The molecule has 0 saturated carbocycles. The van der Waals surface area contributed by atoms with Crippen molar-refractivity contribution >= 4 is 26.7 Å². The van der Waals surface area contributed by atoms with Gasteiger partial charge in [0.2, 0.25) is 0 Å². The van der Waals surface area contributed by atoms with Gasteiger partial charge in [0.05, 0.1) is 0 Å². The van der Waals surface area contributed by atoms with Crippen LogP contribution in [0.15, 0.2) is 22.3 Å². The van der Waals surface area contributed by atoms with E-state index in [1.165, 1.54) is 69.5 Å². The third-order valence-corrected chi connectivity index (χ3v) is 26.0. The summed E-state index contributed by atoms with van der Waals surface area (Å²) in [6, 6.07) is 3.73. The van der Waals surface area contributed by atoms with Crippen LogP contribution in [-0.2, 0) is 4.43 Å². The van der Waals surface area contributed by atoms with Crippen molar-refractivity contribution in [3.8, 4) is 0 Å². The molecule has 30 heavy (non-hydrogen) atoms. The number of unbranched alkanes of at least 4 members (excludes halogenated alkanes) is 4. The van der Waals surface area contributed by atoms with E-state index in [0.717, 1.165) is 6.42 Å². The van der Waals surface area contributed by atoms with E-state index in [4.69, 9.17) is 4.43 Å². The SMILES string of the molecule is CCC/C=C/C(C/C=[CH]/[Sn]([CH2]CCC)([CH2]CCC)[CH2]CCC)O[Si](CC)(CC)CC. The zero-order valence-corrected chi connectivity index (χ0v) is 25.8. The molecule has 0 radical (unpaired) electrons. The molecule has 0 aromatic heterocycles. The van der Waals surface area contributed by atoms with Crippen molar-refractivity contribution in [3.05, 3.63) is 22.3 Å². The van der Waals surface area contributed by atoms with Crippen LogP contribution in [0.2, 0.25) is 31.4 Å². The van der Waals surface area contributed by atoms with E-state index in [0.29, 0.717) is 6.10 Å². The van der Waals surface area contributed by atoms with Crippen molar-refractivity contribution < 1.29 is 4.43 Å². The van der Waals surface area contributed by atoms with Gasteiger partial charge in [0.15, 0.2) is 0 Å². The van der Waals surface area contributed by atoms with Crippen molar-refractivity contribution in [2.45, 2.75) is 144 Å². The second-order valence-corrected chi connectivity index (χ2v) is 27.2. The molecule has 0 spiro atoms. The molecule has 0 aromatic rings. The zero-order valence-electron chi connectivity index (χ0n) is 21.9. The fraction of sp³-hybridized carbons (Fsp3) is 0.852. The Labute approximate surface area is 196 Å². The first-order valence-corrected chi connectivity index (χ1v) is 23.8. The third kappa shape index (κ3) is 12.5. The van der Waals surface area contributed by atoms with Crippen molar-refractivity contribution in [2.75, 3.05) is 0 Å². The molecule has 0 bridgehead atoms. The van der Waals surface area contributed by atoms with E-state index in [1.807, 2.05) is 0 Å². The standard InChI is InChI=1S/C15H29OSi.3C4H9.Sn/c1-6-11-12-14-15(13-7-2)16-17(8-3,9-4)10-5;3*1-3-4-2;/h2,7,12,14-15H,6,8-11,13H2,1,3-5H3;3*1,3-4H2,2H3;/b7-2?,14-12+;;;;. The first-order valence-electron chi connectivity index (χ1n) is 13.5. The molecule has 0 rings (SSSR count). The van der Waals surface area contributed by atoms with Gasteiger partial charge in [-0.15, -0.1) is 0 Å². The summed E-state index contributed by atoms with van der Waals surface area (Å²) >= 11 is -2.17. The van der Waals surface area contributed by atoms with Gasteiger partial charge in [-0.3, -0.25) is 0 Å². The quantitative estimate of drug-likeness (QED) is 0.110. The Hall–Kier alpha value is 0.456. The summed E-state index contributed by atoms with van der Waals surface area (Å²) in [6.45, 7) is 16.4. The van der Waals surface area contributed by atoms with E-state index in [-0.39, 0.29) is 0 Å². The van der Waals surface area contributed by atoms with Crippen LogP contribution in [0.1, 0.15) is 106 Å². The average Bonchev–Trinajstić information content (AvgIpc) is 2.78. The Kier molecular flexibility index (Phi) is 19.3. The molecule has 0 N–H and O–H groups in total. The Morgan fingerprint density at radius 1 is 0.700 bits per heavy atom. The van der Waals surface area contributed by atoms with E-state index in [2.05, 4.69) is 70.8 Å². The van der Waals surface area contributed by atoms with Gasteiger partial charge in [0, 0.05) is 0 Å². The molecule has 1 unspecified atom stereocenters. The number of rotatable bonds is 20. The minimum atomic E-state index is -2.17. The normalized spacial score (nSPS) is 14.2. The first-order chi connectivity index (χ1) is 14.5. The Morgan fingerprint density at radius 3 is 1.60 bits per heavy atom. The van der Waals surface area contributed by atoms with Crippen molar-refractivity contribution in [1.82, 2.24) is 0 Å². The van der Waals surface area contributed by atoms with E-state index in [1.54, 1.807) is 13.3 Å². The fourth-order valence-electron chi connectivity index (χ4n) is 4.57. The molecule has 178 valence electrons. The molecule has 0 aliphatic carbocycles. The molecule has 0 aliphatic rings. The van der Waals surface area contributed by atoms with Crippen LogP contribution in [0.4, 0.5) is 0 Å². The molecule has 1 atom stereocenters. The van der Waals surface area contributed by atoms with Gasteiger partial charge in [-0.1, -0.05) is 0 Å². The van der Waals surface area contributed by atoms with Crippen molar-refractivity contribution in [2.24, 2.45) is 0 Å². The average molecular weight is 544 g/mol. The maximum atomic E-state index is 6.91. The van der Waals surface area contributed by atoms with Gasteiger partial charge >= 0.3 is 197 Å². The maximum absolute atomic E-state index is 6.91. The molecule has 0 aromatic carbocycles. The molecule has 0 saturated heterocycles. The van der Waals surface area contributed by atoms with Gasteiger partial charge in [-0.05, 0) is 0 Å². The van der Waals surface area contributed by atoms with Crippen LogP contribution in [0.3, 0.4) is 0 Å². The van der Waals surface area contributed by atoms with Crippen LogP contribution in [0.25, 0.3) is 0 Å². The van der Waals surface area contributed by atoms with E-state index < -0.39 is 26.7 Å². The van der Waals surface area contributed by atoms with Gasteiger partial charge in [-0.25, -0.2) is 0 Å². The summed E-state index contributed by atoms with van der Waals surface area (Å²) in [5.74, 6) is 0. The number of hydrogen-bond donors (Lipinski definition) is 0. The summed E-state index contributed by atoms with van der Waals surface area (Å²) < 4.78 is 14.5. The predicted molar refractivity (Wildman–Crippen MR) is 145 cm³/mol. The van der Waals surface area contributed by atoms with Gasteiger partial charge in [0.25, 0.3) is 0 Å². The van der Waals surface area contributed by atoms with Crippen LogP contribution in [0, 0.1) is 0 Å². The van der Waals surface area contributed by atoms with Gasteiger partial charge in [-0.2, -0.15) is 0 Å². The first kappa shape index (κ1) is 30.5. The molecular weight excluding hydrogens is 487 g/mol.